The highest BCUT2D eigenvalue weighted by molar-refractivity contribution is 5.41. The van der Waals surface area contributed by atoms with Crippen LogP contribution in [-0.2, 0) is 0 Å². The Hall–Kier alpha value is -0.460. The first-order valence-electron chi connectivity index (χ1n) is 11.4. The van der Waals surface area contributed by atoms with E-state index < -0.39 is 46.8 Å². The molecule has 0 aromatic rings. The Morgan fingerprint density at radius 1 is 0.897 bits per heavy atom. The average Bonchev–Trinajstić information content (AvgIpc) is 2.93. The molecule has 2 saturated carbocycles. The molecule has 166 valence electrons. The summed E-state index contributed by atoms with van der Waals surface area (Å²) in [6.07, 6.45) is -0.310. The lowest BCUT2D eigenvalue weighted by atomic mass is 9.42. The van der Waals surface area contributed by atoms with E-state index in [1.807, 2.05) is 27.7 Å². The summed E-state index contributed by atoms with van der Waals surface area (Å²) in [6, 6.07) is 0. The van der Waals surface area contributed by atoms with Crippen molar-refractivity contribution in [1.29, 1.82) is 0 Å². The summed E-state index contributed by atoms with van der Waals surface area (Å²) in [5, 5.41) is 54.6. The minimum absolute atomic E-state index is 0.0243. The maximum atomic E-state index is 11.5. The summed E-state index contributed by atoms with van der Waals surface area (Å²) in [5.74, 6) is 0.0680. The van der Waals surface area contributed by atoms with E-state index >= 15 is 0 Å². The molecule has 4 rings (SSSR count). The third kappa shape index (κ3) is 2.34. The van der Waals surface area contributed by atoms with Crippen LogP contribution in [0.15, 0.2) is 11.1 Å². The minimum atomic E-state index is -1.20. The summed E-state index contributed by atoms with van der Waals surface area (Å²) in [7, 11) is 0. The summed E-state index contributed by atoms with van der Waals surface area (Å²) >= 11 is 0. The van der Waals surface area contributed by atoms with E-state index in [1.54, 1.807) is 0 Å². The molecule has 0 aromatic carbocycles. The van der Waals surface area contributed by atoms with Crippen molar-refractivity contribution in [2.45, 2.75) is 104 Å². The molecule has 4 aliphatic rings. The van der Waals surface area contributed by atoms with Gasteiger partial charge in [-0.05, 0) is 61.7 Å². The molecule has 0 amide bonds. The Balaban J connectivity index is 1.90. The van der Waals surface area contributed by atoms with Crippen LogP contribution in [0.2, 0.25) is 0 Å². The predicted molar refractivity (Wildman–Crippen MR) is 111 cm³/mol. The van der Waals surface area contributed by atoms with Crippen molar-refractivity contribution < 1.29 is 25.5 Å². The fourth-order valence-corrected chi connectivity index (χ4v) is 8.59. The van der Waals surface area contributed by atoms with Gasteiger partial charge in [0.1, 0.15) is 6.10 Å². The molecule has 5 heteroatoms. The smallest absolute Gasteiger partial charge is 0.107 e. The second-order valence-electron chi connectivity index (χ2n) is 11.8. The van der Waals surface area contributed by atoms with E-state index in [4.69, 9.17) is 0 Å². The van der Waals surface area contributed by atoms with Crippen LogP contribution < -0.4 is 0 Å². The van der Waals surface area contributed by atoms with Gasteiger partial charge in [-0.1, -0.05) is 45.8 Å². The quantitative estimate of drug-likeness (QED) is 0.429. The first-order valence-corrected chi connectivity index (χ1v) is 11.4. The van der Waals surface area contributed by atoms with Crippen molar-refractivity contribution in [3.8, 4) is 0 Å². The van der Waals surface area contributed by atoms with Gasteiger partial charge in [-0.25, -0.2) is 0 Å². The molecule has 5 N–H and O–H groups in total. The van der Waals surface area contributed by atoms with Crippen molar-refractivity contribution in [1.82, 2.24) is 0 Å². The van der Waals surface area contributed by atoms with Gasteiger partial charge in [-0.3, -0.25) is 0 Å². The van der Waals surface area contributed by atoms with Crippen LogP contribution in [0.25, 0.3) is 0 Å². The van der Waals surface area contributed by atoms with Crippen LogP contribution >= 0.6 is 0 Å². The molecule has 0 spiro atoms. The number of aliphatic hydroxyl groups is 5. The molecular formula is C24H40O5. The molecule has 0 bridgehead atoms. The van der Waals surface area contributed by atoms with Crippen LogP contribution in [0.1, 0.15) is 73.6 Å². The summed E-state index contributed by atoms with van der Waals surface area (Å²) in [4.78, 5) is 0. The molecule has 0 radical (unpaired) electrons. The SMILES string of the molecule is C[C@H](O)[C@H]1CC[C@@]2(C)C3=C(C[C@@H](O)[C@]12C)[C@@]1(C)[C@H](O)[C@@H](O)[C@H](O)C(C)(C)[C@@H]1CC3. The lowest BCUT2D eigenvalue weighted by Gasteiger charge is -2.64. The third-order valence-electron chi connectivity index (χ3n) is 10.6. The van der Waals surface area contributed by atoms with Crippen LogP contribution in [0, 0.1) is 33.5 Å². The molecule has 29 heavy (non-hydrogen) atoms. The van der Waals surface area contributed by atoms with Gasteiger partial charge in [0.2, 0.25) is 0 Å². The Bertz CT molecular complexity index is 729. The average molecular weight is 409 g/mol. The highest BCUT2D eigenvalue weighted by atomic mass is 16.4. The zero-order valence-corrected chi connectivity index (χ0v) is 18.8. The maximum absolute atomic E-state index is 11.5. The summed E-state index contributed by atoms with van der Waals surface area (Å²) in [5.41, 5.74) is 0.571. The predicted octanol–water partition coefficient (Wildman–Crippen LogP) is 2.39. The molecule has 0 saturated heterocycles. The van der Waals surface area contributed by atoms with Crippen LogP contribution in [-0.4, -0.2) is 56.1 Å². The molecular weight excluding hydrogens is 368 g/mol. The second kappa shape index (κ2) is 6.29. The molecule has 5 nitrogen and oxygen atoms in total. The summed E-state index contributed by atoms with van der Waals surface area (Å²) in [6.45, 7) is 12.2. The van der Waals surface area contributed by atoms with Gasteiger partial charge >= 0.3 is 0 Å². The third-order valence-corrected chi connectivity index (χ3v) is 10.6. The van der Waals surface area contributed by atoms with Crippen LogP contribution in [0.4, 0.5) is 0 Å². The first kappa shape index (κ1) is 21.8. The Morgan fingerprint density at radius 3 is 2.10 bits per heavy atom. The molecule has 0 heterocycles. The lowest BCUT2D eigenvalue weighted by molar-refractivity contribution is -0.219. The standard InChI is InChI=1S/C24H40O5/c1-12(25)13-9-10-22(4)14-7-8-16-21(2,3)19(28)18(27)20(29)23(16,5)15(14)11-17(26)24(13,22)6/h12-13,16-20,25-29H,7-11H2,1-6H3/t12-,13+,16-,17+,18-,19-,20+,22-,23+,24-/m0/s1. The van der Waals surface area contributed by atoms with Gasteiger partial charge in [0.25, 0.3) is 0 Å². The zero-order valence-electron chi connectivity index (χ0n) is 18.8. The monoisotopic (exact) mass is 408 g/mol. The highest BCUT2D eigenvalue weighted by Gasteiger charge is 2.68. The molecule has 2 fully saturated rings. The fourth-order valence-electron chi connectivity index (χ4n) is 8.59. The van der Waals surface area contributed by atoms with Crippen LogP contribution in [0.5, 0.6) is 0 Å². The van der Waals surface area contributed by atoms with E-state index in [0.717, 1.165) is 31.3 Å². The van der Waals surface area contributed by atoms with Crippen molar-refractivity contribution in [2.75, 3.05) is 0 Å². The van der Waals surface area contributed by atoms with E-state index in [1.165, 1.54) is 5.57 Å². The Morgan fingerprint density at radius 2 is 1.52 bits per heavy atom. The van der Waals surface area contributed by atoms with E-state index in [2.05, 4.69) is 13.8 Å². The van der Waals surface area contributed by atoms with E-state index in [-0.39, 0.29) is 17.3 Å². The number of hydrogen-bond acceptors (Lipinski definition) is 5. The van der Waals surface area contributed by atoms with Crippen molar-refractivity contribution in [3.63, 3.8) is 0 Å². The Kier molecular flexibility index (Phi) is 4.72. The number of aliphatic hydroxyl groups excluding tert-OH is 5. The van der Waals surface area contributed by atoms with Crippen molar-refractivity contribution in [2.24, 2.45) is 33.5 Å². The van der Waals surface area contributed by atoms with Gasteiger partial charge in [0.05, 0.1) is 24.4 Å². The lowest BCUT2D eigenvalue weighted by Crippen LogP contribution is -2.67. The molecule has 0 unspecified atom stereocenters. The molecule has 4 aliphatic carbocycles. The van der Waals surface area contributed by atoms with Crippen molar-refractivity contribution >= 4 is 0 Å². The van der Waals surface area contributed by atoms with Gasteiger partial charge in [-0.2, -0.15) is 0 Å². The molecule has 0 aromatic heterocycles. The minimum Gasteiger partial charge on any atom is -0.393 e. The maximum Gasteiger partial charge on any atom is 0.107 e. The molecule has 0 aliphatic heterocycles. The van der Waals surface area contributed by atoms with Gasteiger partial charge in [-0.15, -0.1) is 0 Å². The fraction of sp³-hybridized carbons (Fsp3) is 0.917. The normalized spacial score (nSPS) is 55.1. The van der Waals surface area contributed by atoms with E-state index in [9.17, 15) is 25.5 Å². The number of hydrogen-bond donors (Lipinski definition) is 5. The van der Waals surface area contributed by atoms with Gasteiger partial charge in [0.15, 0.2) is 0 Å². The number of allylic oxidation sites excluding steroid dienone is 1. The summed E-state index contributed by atoms with van der Waals surface area (Å²) < 4.78 is 0. The first-order chi connectivity index (χ1) is 13.3. The Labute approximate surface area is 174 Å². The topological polar surface area (TPSA) is 101 Å². The van der Waals surface area contributed by atoms with Crippen molar-refractivity contribution in [3.05, 3.63) is 11.1 Å². The largest absolute Gasteiger partial charge is 0.393 e. The molecule has 10 atom stereocenters. The second-order valence-corrected chi connectivity index (χ2v) is 11.8. The van der Waals surface area contributed by atoms with Gasteiger partial charge in [0, 0.05) is 10.8 Å². The van der Waals surface area contributed by atoms with E-state index in [0.29, 0.717) is 6.42 Å². The highest BCUT2D eigenvalue weighted by Crippen LogP contribution is 2.71. The van der Waals surface area contributed by atoms with Crippen LogP contribution in [0.3, 0.4) is 0 Å². The van der Waals surface area contributed by atoms with Gasteiger partial charge < -0.3 is 25.5 Å². The number of rotatable bonds is 1. The number of fused-ring (bicyclic) bond motifs is 4. The zero-order chi connectivity index (χ0) is 21.7.